The molecule has 2 aromatic rings. The molecule has 0 aliphatic heterocycles. The third-order valence-corrected chi connectivity index (χ3v) is 4.02. The molecule has 1 unspecified atom stereocenters. The first-order valence-electron chi connectivity index (χ1n) is 5.80. The maximum Gasteiger partial charge on any atom is 0.216 e. The highest BCUT2D eigenvalue weighted by molar-refractivity contribution is 7.10. The average Bonchev–Trinajstić information content (AvgIpc) is 2.82. The fourth-order valence-electron chi connectivity index (χ4n) is 1.88. The molecule has 0 radical (unpaired) electrons. The number of likely N-dealkylation sites (N-methyl/N-ethyl adjacent to an activating group) is 1. The Morgan fingerprint density at radius 3 is 2.89 bits per heavy atom. The van der Waals surface area contributed by atoms with Crippen LogP contribution in [0.1, 0.15) is 22.2 Å². The van der Waals surface area contributed by atoms with Gasteiger partial charge in [0.15, 0.2) is 0 Å². The van der Waals surface area contributed by atoms with E-state index in [1.54, 1.807) is 24.8 Å². The minimum atomic E-state index is 0.282. The SMILES string of the molecule is CNC(Cc1cc(OC)ncn1)c1sccc1C. The lowest BCUT2D eigenvalue weighted by Gasteiger charge is -2.15. The van der Waals surface area contributed by atoms with Gasteiger partial charge in [-0.15, -0.1) is 11.3 Å². The van der Waals surface area contributed by atoms with E-state index in [0.717, 1.165) is 12.1 Å². The van der Waals surface area contributed by atoms with Crippen molar-refractivity contribution in [2.24, 2.45) is 0 Å². The highest BCUT2D eigenvalue weighted by Gasteiger charge is 2.15. The lowest BCUT2D eigenvalue weighted by Crippen LogP contribution is -2.19. The summed E-state index contributed by atoms with van der Waals surface area (Å²) in [4.78, 5) is 9.66. The van der Waals surface area contributed by atoms with Crippen LogP contribution in [0.5, 0.6) is 5.88 Å². The Bertz CT molecular complexity index is 512. The Kier molecular flexibility index (Phi) is 4.28. The maximum atomic E-state index is 5.12. The summed E-state index contributed by atoms with van der Waals surface area (Å²) in [6, 6.07) is 4.31. The summed E-state index contributed by atoms with van der Waals surface area (Å²) in [5.41, 5.74) is 2.30. The van der Waals surface area contributed by atoms with Crippen molar-refractivity contribution in [2.75, 3.05) is 14.2 Å². The largest absolute Gasteiger partial charge is 0.481 e. The van der Waals surface area contributed by atoms with Crippen molar-refractivity contribution < 1.29 is 4.74 Å². The molecule has 4 nitrogen and oxygen atoms in total. The molecule has 0 fully saturated rings. The number of thiophene rings is 1. The standard InChI is InChI=1S/C13H17N3OS/c1-9-4-5-18-13(9)11(14-2)6-10-7-12(17-3)16-8-15-10/h4-5,7-8,11,14H,6H2,1-3H3. The summed E-state index contributed by atoms with van der Waals surface area (Å²) < 4.78 is 5.12. The maximum absolute atomic E-state index is 5.12. The van der Waals surface area contributed by atoms with E-state index in [0.29, 0.717) is 5.88 Å². The molecule has 0 aromatic carbocycles. The Morgan fingerprint density at radius 1 is 1.44 bits per heavy atom. The van der Waals surface area contributed by atoms with Crippen LogP contribution in [0.3, 0.4) is 0 Å². The average molecular weight is 263 g/mol. The molecule has 0 bridgehead atoms. The summed E-state index contributed by atoms with van der Waals surface area (Å²) in [5, 5.41) is 5.46. The fourth-order valence-corrected chi connectivity index (χ4v) is 2.91. The molecular weight excluding hydrogens is 246 g/mol. The first-order valence-corrected chi connectivity index (χ1v) is 6.68. The van der Waals surface area contributed by atoms with E-state index in [1.807, 2.05) is 13.1 Å². The molecular formula is C13H17N3OS. The Morgan fingerprint density at radius 2 is 2.28 bits per heavy atom. The summed E-state index contributed by atoms with van der Waals surface area (Å²) in [6.45, 7) is 2.14. The van der Waals surface area contributed by atoms with Gasteiger partial charge in [-0.3, -0.25) is 0 Å². The smallest absolute Gasteiger partial charge is 0.216 e. The zero-order chi connectivity index (χ0) is 13.0. The van der Waals surface area contributed by atoms with Gasteiger partial charge >= 0.3 is 0 Å². The zero-order valence-electron chi connectivity index (χ0n) is 10.8. The van der Waals surface area contributed by atoms with Gasteiger partial charge in [0.05, 0.1) is 7.11 Å². The Balaban J connectivity index is 2.18. The van der Waals surface area contributed by atoms with Crippen LogP contribution in [0.15, 0.2) is 23.8 Å². The molecule has 18 heavy (non-hydrogen) atoms. The van der Waals surface area contributed by atoms with Crippen molar-refractivity contribution in [3.8, 4) is 5.88 Å². The summed E-state index contributed by atoms with van der Waals surface area (Å²) in [6.07, 6.45) is 2.37. The quantitative estimate of drug-likeness (QED) is 0.899. The van der Waals surface area contributed by atoms with E-state index in [1.165, 1.54) is 10.4 Å². The molecule has 0 spiro atoms. The van der Waals surface area contributed by atoms with Crippen LogP contribution >= 0.6 is 11.3 Å². The molecule has 2 rings (SSSR count). The van der Waals surface area contributed by atoms with E-state index < -0.39 is 0 Å². The predicted octanol–water partition coefficient (Wildman–Crippen LogP) is 2.36. The zero-order valence-corrected chi connectivity index (χ0v) is 11.6. The topological polar surface area (TPSA) is 47.0 Å². The van der Waals surface area contributed by atoms with Gasteiger partial charge in [0, 0.05) is 29.1 Å². The van der Waals surface area contributed by atoms with E-state index in [4.69, 9.17) is 4.74 Å². The van der Waals surface area contributed by atoms with Crippen LogP contribution in [0.4, 0.5) is 0 Å². The molecule has 0 saturated heterocycles. The van der Waals surface area contributed by atoms with Crippen LogP contribution in [0.25, 0.3) is 0 Å². The van der Waals surface area contributed by atoms with E-state index in [-0.39, 0.29) is 6.04 Å². The van der Waals surface area contributed by atoms with Gasteiger partial charge in [0.1, 0.15) is 6.33 Å². The second kappa shape index (κ2) is 5.93. The van der Waals surface area contributed by atoms with E-state index in [2.05, 4.69) is 33.7 Å². The van der Waals surface area contributed by atoms with Crippen LogP contribution < -0.4 is 10.1 Å². The van der Waals surface area contributed by atoms with Gasteiger partial charge in [-0.2, -0.15) is 0 Å². The number of ether oxygens (including phenoxy) is 1. The minimum Gasteiger partial charge on any atom is -0.481 e. The molecule has 0 aliphatic rings. The number of methoxy groups -OCH3 is 1. The van der Waals surface area contributed by atoms with Crippen molar-refractivity contribution in [1.29, 1.82) is 0 Å². The molecule has 2 heterocycles. The van der Waals surface area contributed by atoms with E-state index >= 15 is 0 Å². The highest BCUT2D eigenvalue weighted by atomic mass is 32.1. The minimum absolute atomic E-state index is 0.282. The summed E-state index contributed by atoms with van der Waals surface area (Å²) >= 11 is 1.77. The monoisotopic (exact) mass is 263 g/mol. The second-order valence-corrected chi connectivity index (χ2v) is 5.01. The number of aryl methyl sites for hydroxylation is 1. The molecule has 1 N–H and O–H groups in total. The number of aromatic nitrogens is 2. The molecule has 5 heteroatoms. The highest BCUT2D eigenvalue weighted by Crippen LogP contribution is 2.26. The predicted molar refractivity (Wildman–Crippen MR) is 73.1 cm³/mol. The third-order valence-electron chi connectivity index (χ3n) is 2.89. The van der Waals surface area contributed by atoms with Gasteiger partial charge in [-0.05, 0) is 31.0 Å². The molecule has 2 aromatic heterocycles. The van der Waals surface area contributed by atoms with Crippen LogP contribution in [0.2, 0.25) is 0 Å². The number of nitrogens with zero attached hydrogens (tertiary/aromatic N) is 2. The Hall–Kier alpha value is -1.46. The van der Waals surface area contributed by atoms with Crippen molar-refractivity contribution in [3.63, 3.8) is 0 Å². The fraction of sp³-hybridized carbons (Fsp3) is 0.385. The molecule has 0 amide bonds. The first-order chi connectivity index (χ1) is 8.74. The number of nitrogens with one attached hydrogen (secondary N) is 1. The van der Waals surface area contributed by atoms with Crippen LogP contribution in [0, 0.1) is 6.92 Å². The van der Waals surface area contributed by atoms with Crippen LogP contribution in [-0.4, -0.2) is 24.1 Å². The van der Waals surface area contributed by atoms with Gasteiger partial charge in [-0.1, -0.05) is 0 Å². The van der Waals surface area contributed by atoms with E-state index in [9.17, 15) is 0 Å². The summed E-state index contributed by atoms with van der Waals surface area (Å²) in [7, 11) is 3.59. The molecule has 0 aliphatic carbocycles. The van der Waals surface area contributed by atoms with Gasteiger partial charge in [0.25, 0.3) is 0 Å². The lowest BCUT2D eigenvalue weighted by atomic mass is 10.1. The number of hydrogen-bond acceptors (Lipinski definition) is 5. The molecule has 1 atom stereocenters. The van der Waals surface area contributed by atoms with Crippen molar-refractivity contribution in [3.05, 3.63) is 40.0 Å². The van der Waals surface area contributed by atoms with Crippen molar-refractivity contribution in [1.82, 2.24) is 15.3 Å². The van der Waals surface area contributed by atoms with Crippen molar-refractivity contribution >= 4 is 11.3 Å². The lowest BCUT2D eigenvalue weighted by molar-refractivity contribution is 0.395. The summed E-state index contributed by atoms with van der Waals surface area (Å²) in [5.74, 6) is 0.609. The van der Waals surface area contributed by atoms with Gasteiger partial charge in [0.2, 0.25) is 5.88 Å². The molecule has 0 saturated carbocycles. The molecule has 96 valence electrons. The Labute approximate surface area is 111 Å². The second-order valence-electron chi connectivity index (χ2n) is 4.06. The van der Waals surface area contributed by atoms with Crippen molar-refractivity contribution in [2.45, 2.75) is 19.4 Å². The first kappa shape index (κ1) is 13.0. The van der Waals surface area contributed by atoms with Crippen LogP contribution in [-0.2, 0) is 6.42 Å². The normalized spacial score (nSPS) is 12.4. The van der Waals surface area contributed by atoms with Gasteiger partial charge < -0.3 is 10.1 Å². The number of rotatable bonds is 5. The third kappa shape index (κ3) is 2.86. The number of hydrogen-bond donors (Lipinski definition) is 1. The van der Waals surface area contributed by atoms with Gasteiger partial charge in [-0.25, -0.2) is 9.97 Å².